The summed E-state index contributed by atoms with van der Waals surface area (Å²) in [7, 11) is 0. The highest BCUT2D eigenvalue weighted by atomic mass is 16.5. The molecule has 0 aromatic carbocycles. The molecule has 0 unspecified atom stereocenters. The van der Waals surface area contributed by atoms with E-state index in [4.69, 9.17) is 9.47 Å². The lowest BCUT2D eigenvalue weighted by molar-refractivity contribution is -0.252. The number of fused-ring (bicyclic) bond motifs is 7. The van der Waals surface area contributed by atoms with Gasteiger partial charge in [-0.15, -0.1) is 0 Å². The van der Waals surface area contributed by atoms with Gasteiger partial charge >= 0.3 is 11.9 Å². The number of carbonyl (C=O) groups excluding carboxylic acids is 2. The second kappa shape index (κ2) is 12.9. The zero-order valence-electron chi connectivity index (χ0n) is 36.3. The Bertz CT molecular complexity index is 1560. The minimum absolute atomic E-state index is 0.145. The Morgan fingerprint density at radius 2 is 1.44 bits per heavy atom. The van der Waals surface area contributed by atoms with Crippen LogP contribution < -0.4 is 5.32 Å². The number of amides is 1. The number of aliphatic carboxylic acids is 1. The lowest BCUT2D eigenvalue weighted by Crippen LogP contribution is -2.68. The van der Waals surface area contributed by atoms with E-state index in [1.54, 1.807) is 0 Å². The minimum Gasteiger partial charge on any atom is -0.481 e. The van der Waals surface area contributed by atoms with Crippen LogP contribution in [0.2, 0.25) is 0 Å². The van der Waals surface area contributed by atoms with Crippen molar-refractivity contribution in [2.75, 3.05) is 32.8 Å². The molecular weight excluding hydrogens is 689 g/mol. The molecule has 0 bridgehead atoms. The molecule has 7 aliphatic carbocycles. The smallest absolute Gasteiger partial charge is 0.309 e. The molecule has 8 rings (SSSR count). The summed E-state index contributed by atoms with van der Waals surface area (Å²) in [4.78, 5) is 43.0. The van der Waals surface area contributed by atoms with Crippen LogP contribution in [-0.4, -0.2) is 72.3 Å². The van der Waals surface area contributed by atoms with E-state index in [9.17, 15) is 14.7 Å². The first-order chi connectivity index (χ1) is 25.6. The number of rotatable bonds is 8. The SMILES string of the molecule is CC(C)(CN1CCOCC1)NC(=O)[C@]12CC[C@@H](C3(C)CC3)[C@@H]1[C@H]1CC[C@@H]3[C@@]4(C)CC[C@H](OC(=O)[C@H]5C[C@@H](C(=O)O)C5(C)C)C(C)(C)[C@@H]4CC[C@@]3(C)[C@]1(C)CC2. The van der Waals surface area contributed by atoms with Crippen LogP contribution in [0.3, 0.4) is 0 Å². The number of carboxylic acid groups (broad SMARTS) is 1. The number of nitrogens with zero attached hydrogens (tertiary/aromatic N) is 1. The molecule has 2 N–H and O–H groups in total. The van der Waals surface area contributed by atoms with Gasteiger partial charge in [0.25, 0.3) is 0 Å². The van der Waals surface area contributed by atoms with Crippen LogP contribution in [0.25, 0.3) is 0 Å². The van der Waals surface area contributed by atoms with Crippen LogP contribution in [0.1, 0.15) is 153 Å². The molecule has 0 aromatic rings. The maximum absolute atomic E-state index is 15.0. The van der Waals surface area contributed by atoms with Crippen LogP contribution in [0, 0.1) is 79.3 Å². The van der Waals surface area contributed by atoms with Gasteiger partial charge in [0.05, 0.1) is 30.5 Å². The summed E-state index contributed by atoms with van der Waals surface area (Å²) in [6, 6.07) is 0. The molecule has 1 heterocycles. The lowest BCUT2D eigenvalue weighted by atomic mass is 9.32. The van der Waals surface area contributed by atoms with Gasteiger partial charge in [-0.2, -0.15) is 0 Å². The third-order valence-electron chi connectivity index (χ3n) is 20.0. The zero-order valence-corrected chi connectivity index (χ0v) is 36.3. The van der Waals surface area contributed by atoms with Crippen LogP contribution in [-0.2, 0) is 23.9 Å². The van der Waals surface area contributed by atoms with Gasteiger partial charge < -0.3 is 19.9 Å². The van der Waals surface area contributed by atoms with E-state index in [1.165, 1.54) is 38.5 Å². The van der Waals surface area contributed by atoms with E-state index in [1.807, 2.05) is 13.8 Å². The third-order valence-corrected chi connectivity index (χ3v) is 20.0. The normalized spacial score (nSPS) is 46.8. The first kappa shape index (κ1) is 40.1. The van der Waals surface area contributed by atoms with Gasteiger partial charge in [-0.3, -0.25) is 19.3 Å². The Morgan fingerprint density at radius 1 is 0.745 bits per heavy atom. The van der Waals surface area contributed by atoms with Gasteiger partial charge in [-0.05, 0) is 154 Å². The van der Waals surface area contributed by atoms with Gasteiger partial charge in [-0.1, -0.05) is 55.4 Å². The number of hydrogen-bond acceptors (Lipinski definition) is 6. The van der Waals surface area contributed by atoms with Crippen molar-refractivity contribution in [1.29, 1.82) is 0 Å². The summed E-state index contributed by atoms with van der Waals surface area (Å²) in [5.41, 5.74) is -0.379. The van der Waals surface area contributed by atoms with Crippen LogP contribution in [0.5, 0.6) is 0 Å². The average Bonchev–Trinajstić information content (AvgIpc) is 3.70. The Balaban J connectivity index is 1.03. The fraction of sp³-hybridized carbons (Fsp3) is 0.936. The highest BCUT2D eigenvalue weighted by Gasteiger charge is 2.74. The molecule has 0 radical (unpaired) electrons. The fourth-order valence-corrected chi connectivity index (χ4v) is 16.3. The molecule has 8 aliphatic rings. The highest BCUT2D eigenvalue weighted by molar-refractivity contribution is 5.84. The van der Waals surface area contributed by atoms with Crippen molar-refractivity contribution in [3.63, 3.8) is 0 Å². The molecule has 0 aromatic heterocycles. The number of carbonyl (C=O) groups is 3. The van der Waals surface area contributed by atoms with Crippen LogP contribution in [0.15, 0.2) is 0 Å². The van der Waals surface area contributed by atoms with Crippen molar-refractivity contribution >= 4 is 17.8 Å². The van der Waals surface area contributed by atoms with Gasteiger partial charge in [0, 0.05) is 30.6 Å². The predicted octanol–water partition coefficient (Wildman–Crippen LogP) is 8.75. The van der Waals surface area contributed by atoms with Gasteiger partial charge in [-0.25, -0.2) is 0 Å². The van der Waals surface area contributed by atoms with Crippen LogP contribution in [0.4, 0.5) is 0 Å². The van der Waals surface area contributed by atoms with E-state index in [0.717, 1.165) is 71.4 Å². The number of ether oxygens (including phenoxy) is 2. The Labute approximate surface area is 332 Å². The molecule has 1 amide bonds. The van der Waals surface area contributed by atoms with Crippen molar-refractivity contribution in [1.82, 2.24) is 10.2 Å². The number of nitrogens with one attached hydrogen (secondary N) is 1. The zero-order chi connectivity index (χ0) is 39.8. The number of hydrogen-bond donors (Lipinski definition) is 2. The van der Waals surface area contributed by atoms with E-state index in [0.29, 0.717) is 47.3 Å². The van der Waals surface area contributed by atoms with Crippen molar-refractivity contribution in [3.05, 3.63) is 0 Å². The first-order valence-corrected chi connectivity index (χ1v) is 22.6. The quantitative estimate of drug-likeness (QED) is 0.238. The summed E-state index contributed by atoms with van der Waals surface area (Å²) in [5, 5.41) is 13.4. The van der Waals surface area contributed by atoms with E-state index in [2.05, 4.69) is 65.6 Å². The molecule has 8 heteroatoms. The largest absolute Gasteiger partial charge is 0.481 e. The van der Waals surface area contributed by atoms with E-state index in [-0.39, 0.29) is 50.6 Å². The summed E-state index contributed by atoms with van der Waals surface area (Å²) >= 11 is 0. The molecule has 55 heavy (non-hydrogen) atoms. The van der Waals surface area contributed by atoms with Crippen molar-refractivity contribution in [2.45, 2.75) is 164 Å². The standard InChI is InChI=1S/C47H76N2O6/c1-40(2,28-49-23-25-54-26-24-49)48-39(53)47-18-13-29(43(7)19-20-43)36(47)30-11-12-34-44(8)16-15-35(55-38(52)32-27-31(37(50)51)41(32,3)4)42(5,6)33(44)14-17-46(34,10)45(30,9)21-22-47/h29-36H,11-28H2,1-10H3,(H,48,53)(H,50,51)/t29-,30-,31+,32-,33+,34-,35+,36-,44+,45-,46-,47+/m1/s1. The minimum atomic E-state index is -0.808. The Hall–Kier alpha value is -1.67. The molecule has 12 atom stereocenters. The number of carboxylic acids is 1. The van der Waals surface area contributed by atoms with E-state index < -0.39 is 17.3 Å². The maximum Gasteiger partial charge on any atom is 0.309 e. The second-order valence-electron chi connectivity index (χ2n) is 23.7. The Kier molecular flexibility index (Phi) is 9.42. The van der Waals surface area contributed by atoms with E-state index >= 15 is 4.79 Å². The molecule has 7 saturated carbocycles. The molecule has 1 saturated heterocycles. The monoisotopic (exact) mass is 765 g/mol. The maximum atomic E-state index is 15.0. The summed E-state index contributed by atoms with van der Waals surface area (Å²) in [6.45, 7) is 27.8. The predicted molar refractivity (Wildman–Crippen MR) is 214 cm³/mol. The molecule has 8 nitrogen and oxygen atoms in total. The molecular formula is C47H76N2O6. The third kappa shape index (κ3) is 5.87. The van der Waals surface area contributed by atoms with Gasteiger partial charge in [0.15, 0.2) is 0 Å². The lowest BCUT2D eigenvalue weighted by Gasteiger charge is -2.73. The molecule has 0 spiro atoms. The van der Waals surface area contributed by atoms with Crippen LogP contribution >= 0.6 is 0 Å². The van der Waals surface area contributed by atoms with Crippen molar-refractivity contribution in [3.8, 4) is 0 Å². The summed E-state index contributed by atoms with van der Waals surface area (Å²) in [6.07, 6.45) is 14.0. The second-order valence-corrected chi connectivity index (χ2v) is 23.7. The summed E-state index contributed by atoms with van der Waals surface area (Å²) < 4.78 is 12.1. The average molecular weight is 765 g/mol. The van der Waals surface area contributed by atoms with Crippen molar-refractivity contribution in [2.24, 2.45) is 79.3 Å². The molecule has 310 valence electrons. The summed E-state index contributed by atoms with van der Waals surface area (Å²) in [5.74, 6) is 1.22. The molecule has 1 aliphatic heterocycles. The fourth-order valence-electron chi connectivity index (χ4n) is 16.3. The first-order valence-electron chi connectivity index (χ1n) is 22.6. The van der Waals surface area contributed by atoms with Crippen molar-refractivity contribution < 1.29 is 29.0 Å². The highest BCUT2D eigenvalue weighted by Crippen LogP contribution is 2.79. The topological polar surface area (TPSA) is 105 Å². The number of esters is 1. The van der Waals surface area contributed by atoms with Gasteiger partial charge in [0.1, 0.15) is 6.10 Å². The Morgan fingerprint density at radius 3 is 2.07 bits per heavy atom. The van der Waals surface area contributed by atoms with Gasteiger partial charge in [0.2, 0.25) is 5.91 Å². The number of morpholine rings is 1. The molecule has 8 fully saturated rings.